The van der Waals surface area contributed by atoms with Crippen LogP contribution in [0.25, 0.3) is 0 Å². The second-order valence-corrected chi connectivity index (χ2v) is 8.17. The summed E-state index contributed by atoms with van der Waals surface area (Å²) in [5.74, 6) is 1.48. The lowest BCUT2D eigenvalue weighted by molar-refractivity contribution is 0.396. The van der Waals surface area contributed by atoms with E-state index < -0.39 is 0 Å². The first-order valence-electron chi connectivity index (χ1n) is 11.5. The maximum atomic E-state index is 5.48. The smallest absolute Gasteiger partial charge is 0.268 e. The molecule has 0 bridgehead atoms. The van der Waals surface area contributed by atoms with Crippen LogP contribution in [0.4, 0.5) is 11.5 Å². The van der Waals surface area contributed by atoms with Gasteiger partial charge in [0.1, 0.15) is 5.75 Å². The minimum Gasteiger partial charge on any atom is -0.478 e. The minimum atomic E-state index is 0.187. The number of anilines is 2. The Kier molecular flexibility index (Phi) is 9.61. The van der Waals surface area contributed by atoms with Gasteiger partial charge in [-0.05, 0) is 56.2 Å². The number of thiocarbonyl (C=S) groups is 1. The van der Waals surface area contributed by atoms with Crippen LogP contribution in [0.2, 0.25) is 0 Å². The summed E-state index contributed by atoms with van der Waals surface area (Å²) in [7, 11) is 1.53. The van der Waals surface area contributed by atoms with Crippen molar-refractivity contribution in [1.82, 2.24) is 15.3 Å². The first kappa shape index (κ1) is 25.4. The van der Waals surface area contributed by atoms with Gasteiger partial charge in [-0.25, -0.2) is 9.97 Å². The molecule has 0 spiro atoms. The topological polar surface area (TPSA) is 71.5 Å². The summed E-state index contributed by atoms with van der Waals surface area (Å²) in [5.41, 5.74) is 4.50. The quantitative estimate of drug-likeness (QED) is 0.517. The number of nitrogens with one attached hydrogen (secondary N) is 2. The Bertz CT molecular complexity index is 1070. The summed E-state index contributed by atoms with van der Waals surface area (Å²) in [5, 5.41) is 6.46. The lowest BCUT2D eigenvalue weighted by Crippen LogP contribution is -2.43. The molecule has 3 aromatic rings. The van der Waals surface area contributed by atoms with Crippen molar-refractivity contribution < 1.29 is 9.47 Å². The summed E-state index contributed by atoms with van der Waals surface area (Å²) in [4.78, 5) is 11.1. The summed E-state index contributed by atoms with van der Waals surface area (Å²) >= 11 is 5.15. The zero-order valence-corrected chi connectivity index (χ0v) is 21.1. The monoisotopic (exact) mass is 479 g/mol. The summed E-state index contributed by atoms with van der Waals surface area (Å²) in [6.45, 7) is 10.5. The number of rotatable bonds is 5. The fraction of sp³-hybridized carbons (Fsp3) is 0.346. The number of ether oxygens (including phenoxy) is 2. The van der Waals surface area contributed by atoms with Gasteiger partial charge >= 0.3 is 0 Å². The van der Waals surface area contributed by atoms with Gasteiger partial charge in [0.25, 0.3) is 11.1 Å². The largest absolute Gasteiger partial charge is 0.478 e. The van der Waals surface area contributed by atoms with Crippen molar-refractivity contribution >= 4 is 28.9 Å². The Morgan fingerprint density at radius 2 is 1.65 bits per heavy atom. The van der Waals surface area contributed by atoms with E-state index in [1.165, 1.54) is 18.4 Å². The molecule has 0 aliphatic carbocycles. The number of nitrogens with zero attached hydrogens (tertiary/aromatic N) is 3. The number of aromatic nitrogens is 2. The van der Waals surface area contributed by atoms with Crippen LogP contribution >= 0.6 is 12.2 Å². The van der Waals surface area contributed by atoms with Crippen LogP contribution in [0, 0.1) is 13.8 Å². The average Bonchev–Trinajstić information content (AvgIpc) is 2.87. The van der Waals surface area contributed by atoms with Crippen molar-refractivity contribution in [2.45, 2.75) is 27.2 Å². The highest BCUT2D eigenvalue weighted by Gasteiger charge is 2.13. The first-order valence-corrected chi connectivity index (χ1v) is 11.9. The molecule has 8 heteroatoms. The third-order valence-corrected chi connectivity index (χ3v) is 5.66. The molecule has 7 nitrogen and oxygen atoms in total. The standard InChI is InChI=1S/C14H15N3O2S.C12H18N2/c1-9-10(2)16-13(18-3)12(15-9)17-14(20)19-11-7-5-4-6-8-11;1-2-11-5-3-4-6-12(11)14-9-7-13-8-10-14/h4-8H,1-3H3,(H,15,17,20);3-6,13H,2,7-10H2,1H3. The second kappa shape index (κ2) is 12.9. The zero-order valence-electron chi connectivity index (χ0n) is 20.3. The van der Waals surface area contributed by atoms with E-state index in [0.29, 0.717) is 17.4 Å². The number of para-hydroxylation sites is 2. The predicted molar refractivity (Wildman–Crippen MR) is 142 cm³/mol. The molecule has 1 aliphatic rings. The molecule has 0 saturated carbocycles. The fourth-order valence-electron chi connectivity index (χ4n) is 3.55. The van der Waals surface area contributed by atoms with Gasteiger partial charge in [0, 0.05) is 31.9 Å². The second-order valence-electron chi connectivity index (χ2n) is 7.80. The van der Waals surface area contributed by atoms with Crippen LogP contribution in [0.3, 0.4) is 0 Å². The Hall–Kier alpha value is -3.23. The molecule has 1 aromatic heterocycles. The van der Waals surface area contributed by atoms with E-state index in [0.717, 1.165) is 44.0 Å². The number of piperazine rings is 1. The molecule has 0 atom stereocenters. The summed E-state index contributed by atoms with van der Waals surface area (Å²) in [6, 6.07) is 18.0. The van der Waals surface area contributed by atoms with E-state index in [1.807, 2.05) is 44.2 Å². The van der Waals surface area contributed by atoms with Crippen molar-refractivity contribution in [3.63, 3.8) is 0 Å². The Balaban J connectivity index is 0.000000202. The van der Waals surface area contributed by atoms with Gasteiger partial charge in [0.05, 0.1) is 18.5 Å². The number of hydrogen-bond donors (Lipinski definition) is 2. The van der Waals surface area contributed by atoms with Crippen LogP contribution in [-0.4, -0.2) is 48.4 Å². The predicted octanol–water partition coefficient (Wildman–Crippen LogP) is 4.54. The van der Waals surface area contributed by atoms with E-state index in [9.17, 15) is 0 Å². The van der Waals surface area contributed by atoms with Gasteiger partial charge in [-0.1, -0.05) is 43.3 Å². The first-order chi connectivity index (χ1) is 16.5. The van der Waals surface area contributed by atoms with Crippen molar-refractivity contribution in [3.8, 4) is 11.6 Å². The molecule has 34 heavy (non-hydrogen) atoms. The number of aryl methyl sites for hydroxylation is 3. The van der Waals surface area contributed by atoms with Crippen molar-refractivity contribution in [1.29, 1.82) is 0 Å². The van der Waals surface area contributed by atoms with Gasteiger partial charge in [0.15, 0.2) is 5.82 Å². The molecule has 2 N–H and O–H groups in total. The highest BCUT2D eigenvalue weighted by molar-refractivity contribution is 7.80. The minimum absolute atomic E-state index is 0.187. The summed E-state index contributed by atoms with van der Waals surface area (Å²) in [6.07, 6.45) is 1.13. The van der Waals surface area contributed by atoms with Gasteiger partial charge in [-0.2, -0.15) is 0 Å². The molecule has 0 radical (unpaired) electrons. The van der Waals surface area contributed by atoms with Crippen LogP contribution in [0.1, 0.15) is 23.9 Å². The zero-order chi connectivity index (χ0) is 24.3. The van der Waals surface area contributed by atoms with Crippen molar-refractivity contribution in [2.75, 3.05) is 43.5 Å². The SMILES string of the molecule is CCc1ccccc1N1CCNCC1.COc1nc(C)c(C)nc1NC(=S)Oc1ccccc1. The highest BCUT2D eigenvalue weighted by Crippen LogP contribution is 2.22. The van der Waals surface area contributed by atoms with E-state index in [4.69, 9.17) is 21.7 Å². The van der Waals surface area contributed by atoms with Gasteiger partial charge in [-0.15, -0.1) is 0 Å². The van der Waals surface area contributed by atoms with Crippen LogP contribution in [-0.2, 0) is 6.42 Å². The molecule has 180 valence electrons. The molecule has 2 heterocycles. The van der Waals surface area contributed by atoms with Crippen molar-refractivity contribution in [3.05, 3.63) is 71.5 Å². The van der Waals surface area contributed by atoms with Gasteiger partial charge in [0.2, 0.25) is 0 Å². The number of benzene rings is 2. The molecule has 2 aromatic carbocycles. The molecular formula is C26H33N5O2S. The third kappa shape index (κ3) is 7.13. The van der Waals surface area contributed by atoms with Crippen LogP contribution in [0.15, 0.2) is 54.6 Å². The van der Waals surface area contributed by atoms with Crippen LogP contribution < -0.4 is 25.0 Å². The lowest BCUT2D eigenvalue weighted by atomic mass is 10.1. The highest BCUT2D eigenvalue weighted by atomic mass is 32.1. The normalized spacial score (nSPS) is 12.9. The lowest BCUT2D eigenvalue weighted by Gasteiger charge is -2.31. The number of hydrogen-bond acceptors (Lipinski definition) is 7. The molecule has 0 unspecified atom stereocenters. The molecule has 4 rings (SSSR count). The summed E-state index contributed by atoms with van der Waals surface area (Å²) < 4.78 is 10.7. The average molecular weight is 480 g/mol. The Morgan fingerprint density at radius 1 is 1.00 bits per heavy atom. The van der Waals surface area contributed by atoms with E-state index in [2.05, 4.69) is 56.7 Å². The van der Waals surface area contributed by atoms with E-state index in [-0.39, 0.29) is 5.17 Å². The van der Waals surface area contributed by atoms with E-state index in [1.54, 1.807) is 0 Å². The molecular weight excluding hydrogens is 446 g/mol. The Labute approximate surface area is 207 Å². The fourth-order valence-corrected chi connectivity index (χ4v) is 3.74. The molecule has 1 aliphatic heterocycles. The van der Waals surface area contributed by atoms with Crippen molar-refractivity contribution in [2.24, 2.45) is 0 Å². The molecule has 0 amide bonds. The molecule has 1 saturated heterocycles. The third-order valence-electron chi connectivity index (χ3n) is 5.47. The van der Waals surface area contributed by atoms with Gasteiger partial charge in [-0.3, -0.25) is 5.32 Å². The van der Waals surface area contributed by atoms with E-state index >= 15 is 0 Å². The number of methoxy groups -OCH3 is 1. The van der Waals surface area contributed by atoms with Gasteiger partial charge < -0.3 is 19.7 Å². The maximum absolute atomic E-state index is 5.48. The van der Waals surface area contributed by atoms with Crippen LogP contribution in [0.5, 0.6) is 11.6 Å². The molecule has 1 fully saturated rings. The maximum Gasteiger partial charge on any atom is 0.268 e. The Morgan fingerprint density at radius 3 is 2.32 bits per heavy atom.